The summed E-state index contributed by atoms with van der Waals surface area (Å²) in [6.07, 6.45) is 0.858. The Morgan fingerprint density at radius 1 is 1.03 bits per heavy atom. The lowest BCUT2D eigenvalue weighted by Gasteiger charge is -2.17. The minimum atomic E-state index is -0.238. The Kier molecular flexibility index (Phi) is 5.81. The highest BCUT2D eigenvalue weighted by molar-refractivity contribution is 7.71. The number of nitrogens with zero attached hydrogens (tertiary/aromatic N) is 3. The molecule has 3 aromatic carbocycles. The fourth-order valence-corrected chi connectivity index (χ4v) is 4.33. The van der Waals surface area contributed by atoms with Crippen molar-refractivity contribution < 1.29 is 9.59 Å². The zero-order valence-corrected chi connectivity index (χ0v) is 19.4. The maximum atomic E-state index is 13.0. The van der Waals surface area contributed by atoms with E-state index in [1.165, 1.54) is 5.56 Å². The molecule has 0 spiro atoms. The Morgan fingerprint density at radius 3 is 2.53 bits per heavy atom. The summed E-state index contributed by atoms with van der Waals surface area (Å²) in [7, 11) is 0. The van der Waals surface area contributed by atoms with Gasteiger partial charge in [0.15, 0.2) is 10.6 Å². The van der Waals surface area contributed by atoms with Gasteiger partial charge in [-0.2, -0.15) is 5.10 Å². The second-order valence-electron chi connectivity index (χ2n) is 8.27. The summed E-state index contributed by atoms with van der Waals surface area (Å²) in [6.45, 7) is 2.70. The quantitative estimate of drug-likeness (QED) is 0.413. The second kappa shape index (κ2) is 9.07. The zero-order valence-electron chi connectivity index (χ0n) is 18.6. The van der Waals surface area contributed by atoms with Crippen LogP contribution in [0.2, 0.25) is 0 Å². The van der Waals surface area contributed by atoms with Crippen molar-refractivity contribution in [2.24, 2.45) is 0 Å². The number of aromatic amines is 1. The number of carbonyl (C=O) groups is 2. The van der Waals surface area contributed by atoms with Crippen LogP contribution in [0.1, 0.15) is 21.5 Å². The number of hydrogen-bond acceptors (Lipinski definition) is 4. The van der Waals surface area contributed by atoms with Gasteiger partial charge < -0.3 is 10.2 Å². The molecule has 170 valence electrons. The molecular formula is C26H23N5O2S. The smallest absolute Gasteiger partial charge is 0.258 e. The molecule has 7 nitrogen and oxygen atoms in total. The molecular weight excluding hydrogens is 446 g/mol. The molecule has 8 heteroatoms. The summed E-state index contributed by atoms with van der Waals surface area (Å²) >= 11 is 5.33. The van der Waals surface area contributed by atoms with Gasteiger partial charge >= 0.3 is 0 Å². The highest BCUT2D eigenvalue weighted by atomic mass is 32.1. The zero-order chi connectivity index (χ0) is 23.7. The summed E-state index contributed by atoms with van der Waals surface area (Å²) in [5.74, 6) is 0.320. The van der Waals surface area contributed by atoms with Crippen LogP contribution in [0.15, 0.2) is 72.8 Å². The number of aromatic nitrogens is 3. The lowest BCUT2D eigenvalue weighted by atomic mass is 10.1. The Hall–Kier alpha value is -4.04. The number of carbonyl (C=O) groups excluding carboxylic acids is 2. The summed E-state index contributed by atoms with van der Waals surface area (Å²) in [4.78, 5) is 27.5. The molecule has 1 aromatic heterocycles. The molecule has 34 heavy (non-hydrogen) atoms. The van der Waals surface area contributed by atoms with Crippen molar-refractivity contribution >= 4 is 35.4 Å². The van der Waals surface area contributed by atoms with Crippen LogP contribution < -0.4 is 10.2 Å². The Labute approximate surface area is 202 Å². The van der Waals surface area contributed by atoms with Crippen molar-refractivity contribution in [3.8, 4) is 11.4 Å². The number of H-pyrrole nitrogens is 1. The van der Waals surface area contributed by atoms with E-state index in [4.69, 9.17) is 12.2 Å². The molecule has 0 fully saturated rings. The van der Waals surface area contributed by atoms with Gasteiger partial charge in [0.1, 0.15) is 6.54 Å². The molecule has 0 atom stereocenters. The molecule has 1 aliphatic rings. The van der Waals surface area contributed by atoms with E-state index in [0.717, 1.165) is 23.2 Å². The van der Waals surface area contributed by atoms with Crippen molar-refractivity contribution in [3.63, 3.8) is 0 Å². The molecule has 0 aliphatic carbocycles. The molecule has 0 radical (unpaired) electrons. The Balaban J connectivity index is 1.27. The van der Waals surface area contributed by atoms with E-state index in [1.807, 2.05) is 49.4 Å². The van der Waals surface area contributed by atoms with E-state index in [-0.39, 0.29) is 18.4 Å². The monoisotopic (exact) mass is 469 g/mol. The Bertz CT molecular complexity index is 1420. The minimum Gasteiger partial charge on any atom is -0.325 e. The minimum absolute atomic E-state index is 0.0176. The number of fused-ring (bicyclic) bond motifs is 1. The number of nitrogens with one attached hydrogen (secondary N) is 2. The number of anilines is 2. The maximum Gasteiger partial charge on any atom is 0.258 e. The van der Waals surface area contributed by atoms with Gasteiger partial charge in [-0.15, -0.1) is 0 Å². The maximum absolute atomic E-state index is 13.0. The van der Waals surface area contributed by atoms with Crippen LogP contribution >= 0.6 is 12.2 Å². The highest BCUT2D eigenvalue weighted by Gasteiger charge is 2.25. The summed E-state index contributed by atoms with van der Waals surface area (Å²) < 4.78 is 2.04. The van der Waals surface area contributed by atoms with Gasteiger partial charge in [0.05, 0.1) is 0 Å². The van der Waals surface area contributed by atoms with Crippen LogP contribution in [0, 0.1) is 11.7 Å². The number of hydrogen-bond donors (Lipinski definition) is 2. The van der Waals surface area contributed by atoms with E-state index in [2.05, 4.69) is 21.6 Å². The Morgan fingerprint density at radius 2 is 1.76 bits per heavy atom. The van der Waals surface area contributed by atoms with Crippen molar-refractivity contribution in [1.29, 1.82) is 0 Å². The van der Waals surface area contributed by atoms with E-state index in [0.29, 0.717) is 28.4 Å². The third-order valence-electron chi connectivity index (χ3n) is 5.92. The molecule has 2 amide bonds. The van der Waals surface area contributed by atoms with Crippen molar-refractivity contribution in [3.05, 3.63) is 94.3 Å². The van der Waals surface area contributed by atoms with Crippen LogP contribution in [0.25, 0.3) is 11.4 Å². The summed E-state index contributed by atoms with van der Waals surface area (Å²) in [6, 6.07) is 22.8. The van der Waals surface area contributed by atoms with Crippen LogP contribution in [-0.2, 0) is 17.8 Å². The number of rotatable bonds is 5. The third kappa shape index (κ3) is 4.27. The lowest BCUT2D eigenvalue weighted by Crippen LogP contribution is -2.28. The molecule has 2 N–H and O–H groups in total. The van der Waals surface area contributed by atoms with Crippen molar-refractivity contribution in [2.45, 2.75) is 19.9 Å². The van der Waals surface area contributed by atoms with Gasteiger partial charge in [0, 0.05) is 29.0 Å². The predicted octanol–water partition coefficient (Wildman–Crippen LogP) is 4.76. The average Bonchev–Trinajstić information content (AvgIpc) is 3.43. The second-order valence-corrected chi connectivity index (χ2v) is 8.65. The molecule has 4 aromatic rings. The van der Waals surface area contributed by atoms with E-state index >= 15 is 0 Å². The molecule has 5 rings (SSSR count). The van der Waals surface area contributed by atoms with Crippen molar-refractivity contribution in [2.75, 3.05) is 16.8 Å². The normalized spacial score (nSPS) is 12.4. The first-order valence-corrected chi connectivity index (χ1v) is 11.4. The van der Waals surface area contributed by atoms with Gasteiger partial charge in [0.2, 0.25) is 5.91 Å². The van der Waals surface area contributed by atoms with E-state index < -0.39 is 0 Å². The standard InChI is InChI=1S/C26H23N5O2S/c1-17-6-8-19(9-7-17)24-28-29-26(34)31(24)16-23(32)27-21-12-10-20(11-13-21)25(33)30-15-14-18-4-2-3-5-22(18)30/h2-13H,14-16H2,1H3,(H,27,32)(H,29,34). The first-order valence-electron chi connectivity index (χ1n) is 11.0. The number of benzene rings is 3. The molecule has 2 heterocycles. The van der Waals surface area contributed by atoms with Gasteiger partial charge in [-0.05, 0) is 61.5 Å². The van der Waals surface area contributed by atoms with E-state index in [1.54, 1.807) is 33.7 Å². The molecule has 0 unspecified atom stereocenters. The van der Waals surface area contributed by atoms with E-state index in [9.17, 15) is 9.59 Å². The number of amides is 2. The molecule has 0 saturated heterocycles. The van der Waals surface area contributed by atoms with Gasteiger partial charge in [0.25, 0.3) is 5.91 Å². The van der Waals surface area contributed by atoms with Gasteiger partial charge in [-0.3, -0.25) is 19.3 Å². The predicted molar refractivity (Wildman–Crippen MR) is 134 cm³/mol. The lowest BCUT2D eigenvalue weighted by molar-refractivity contribution is -0.116. The average molecular weight is 470 g/mol. The van der Waals surface area contributed by atoms with Crippen LogP contribution in [0.3, 0.4) is 0 Å². The number of para-hydroxylation sites is 1. The fraction of sp³-hybridized carbons (Fsp3) is 0.154. The molecule has 0 saturated carbocycles. The first-order chi connectivity index (χ1) is 16.5. The third-order valence-corrected chi connectivity index (χ3v) is 6.23. The van der Waals surface area contributed by atoms with Crippen LogP contribution in [0.5, 0.6) is 0 Å². The first kappa shape index (κ1) is 21.8. The van der Waals surface area contributed by atoms with Crippen LogP contribution in [-0.4, -0.2) is 33.1 Å². The molecule has 1 aliphatic heterocycles. The SMILES string of the molecule is Cc1ccc(-c2n[nH]c(=S)n2CC(=O)Nc2ccc(C(=O)N3CCc4ccccc43)cc2)cc1. The van der Waals surface area contributed by atoms with Gasteiger partial charge in [-0.1, -0.05) is 48.0 Å². The van der Waals surface area contributed by atoms with Gasteiger partial charge in [-0.25, -0.2) is 0 Å². The van der Waals surface area contributed by atoms with Crippen molar-refractivity contribution in [1.82, 2.24) is 14.8 Å². The summed E-state index contributed by atoms with van der Waals surface area (Å²) in [5.41, 5.74) is 5.34. The number of aryl methyl sites for hydroxylation is 1. The van der Waals surface area contributed by atoms with Crippen LogP contribution in [0.4, 0.5) is 11.4 Å². The highest BCUT2D eigenvalue weighted by Crippen LogP contribution is 2.29. The fourth-order valence-electron chi connectivity index (χ4n) is 4.13. The molecule has 0 bridgehead atoms. The largest absolute Gasteiger partial charge is 0.325 e. The summed E-state index contributed by atoms with van der Waals surface area (Å²) in [5, 5.41) is 9.93. The topological polar surface area (TPSA) is 83.0 Å².